The van der Waals surface area contributed by atoms with Crippen LogP contribution in [0.15, 0.2) is 84.1 Å². The SMILES string of the molecule is CCC(C)(C)c1ccc(Oc2ccc(NC(=O)CSc3ncnc4ccccc34)cc2)cc1. The Labute approximate surface area is 198 Å². The van der Waals surface area contributed by atoms with Crippen LogP contribution in [-0.4, -0.2) is 21.6 Å². The van der Waals surface area contributed by atoms with E-state index >= 15 is 0 Å². The summed E-state index contributed by atoms with van der Waals surface area (Å²) in [4.78, 5) is 21.0. The van der Waals surface area contributed by atoms with Crippen LogP contribution in [0, 0.1) is 0 Å². The van der Waals surface area contributed by atoms with E-state index in [4.69, 9.17) is 4.74 Å². The van der Waals surface area contributed by atoms with Gasteiger partial charge in [-0.15, -0.1) is 0 Å². The minimum absolute atomic E-state index is 0.0921. The highest BCUT2D eigenvalue weighted by molar-refractivity contribution is 8.00. The molecule has 0 unspecified atom stereocenters. The Hall–Kier alpha value is -3.38. The average molecular weight is 458 g/mol. The Morgan fingerprint density at radius 1 is 0.939 bits per heavy atom. The Bertz CT molecular complexity index is 1230. The number of amides is 1. The smallest absolute Gasteiger partial charge is 0.234 e. The van der Waals surface area contributed by atoms with Crippen LogP contribution in [0.3, 0.4) is 0 Å². The third-order valence-electron chi connectivity index (χ3n) is 5.74. The Kier molecular flexibility index (Phi) is 6.94. The first-order valence-corrected chi connectivity index (χ1v) is 11.9. The van der Waals surface area contributed by atoms with Gasteiger partial charge in [0.2, 0.25) is 5.91 Å². The van der Waals surface area contributed by atoms with Gasteiger partial charge in [0.1, 0.15) is 22.9 Å². The summed E-state index contributed by atoms with van der Waals surface area (Å²) in [6, 6.07) is 23.4. The van der Waals surface area contributed by atoms with E-state index in [9.17, 15) is 4.79 Å². The van der Waals surface area contributed by atoms with E-state index in [2.05, 4.69) is 48.2 Å². The van der Waals surface area contributed by atoms with Gasteiger partial charge in [-0.3, -0.25) is 4.79 Å². The predicted molar refractivity (Wildman–Crippen MR) is 135 cm³/mol. The highest BCUT2D eigenvalue weighted by Crippen LogP contribution is 2.30. The minimum atomic E-state index is -0.0921. The van der Waals surface area contributed by atoms with Crippen molar-refractivity contribution in [2.24, 2.45) is 0 Å². The third kappa shape index (κ3) is 5.71. The molecule has 33 heavy (non-hydrogen) atoms. The van der Waals surface area contributed by atoms with Crippen LogP contribution in [0.2, 0.25) is 0 Å². The van der Waals surface area contributed by atoms with Crippen molar-refractivity contribution in [3.8, 4) is 11.5 Å². The van der Waals surface area contributed by atoms with Gasteiger partial charge in [0.15, 0.2) is 0 Å². The van der Waals surface area contributed by atoms with Gasteiger partial charge in [-0.25, -0.2) is 9.97 Å². The Balaban J connectivity index is 1.32. The molecule has 1 amide bonds. The zero-order valence-corrected chi connectivity index (χ0v) is 19.9. The van der Waals surface area contributed by atoms with Gasteiger partial charge >= 0.3 is 0 Å². The maximum atomic E-state index is 12.4. The fourth-order valence-electron chi connectivity index (χ4n) is 3.35. The lowest BCUT2D eigenvalue weighted by Gasteiger charge is -2.23. The number of rotatable bonds is 8. The number of fused-ring (bicyclic) bond motifs is 1. The molecule has 0 aliphatic rings. The van der Waals surface area contributed by atoms with Crippen LogP contribution in [0.4, 0.5) is 5.69 Å². The van der Waals surface area contributed by atoms with Crippen LogP contribution in [-0.2, 0) is 10.2 Å². The molecule has 0 aliphatic carbocycles. The topological polar surface area (TPSA) is 64.1 Å². The Morgan fingerprint density at radius 3 is 2.30 bits per heavy atom. The normalized spacial score (nSPS) is 11.4. The first-order valence-electron chi connectivity index (χ1n) is 11.0. The van der Waals surface area contributed by atoms with Gasteiger partial charge in [0, 0.05) is 11.1 Å². The number of hydrogen-bond acceptors (Lipinski definition) is 5. The van der Waals surface area contributed by atoms with E-state index in [0.717, 1.165) is 39.5 Å². The molecule has 3 aromatic carbocycles. The van der Waals surface area contributed by atoms with Crippen molar-refractivity contribution >= 4 is 34.3 Å². The number of ether oxygens (including phenoxy) is 1. The van der Waals surface area contributed by atoms with E-state index < -0.39 is 0 Å². The maximum Gasteiger partial charge on any atom is 0.234 e. The number of anilines is 1. The van der Waals surface area contributed by atoms with Crippen molar-refractivity contribution in [3.63, 3.8) is 0 Å². The number of nitrogens with one attached hydrogen (secondary N) is 1. The molecule has 0 bridgehead atoms. The molecule has 1 N–H and O–H groups in total. The fraction of sp³-hybridized carbons (Fsp3) is 0.222. The minimum Gasteiger partial charge on any atom is -0.457 e. The summed E-state index contributed by atoms with van der Waals surface area (Å²) in [5.74, 6) is 1.68. The lowest BCUT2D eigenvalue weighted by Crippen LogP contribution is -2.14. The zero-order chi connectivity index (χ0) is 23.3. The molecule has 4 aromatic rings. The molecule has 0 radical (unpaired) electrons. The quantitative estimate of drug-likeness (QED) is 0.232. The third-order valence-corrected chi connectivity index (χ3v) is 6.74. The van der Waals surface area contributed by atoms with Crippen molar-refractivity contribution in [1.82, 2.24) is 9.97 Å². The van der Waals surface area contributed by atoms with Gasteiger partial charge in [0.25, 0.3) is 0 Å². The second kappa shape index (κ2) is 10.0. The summed E-state index contributed by atoms with van der Waals surface area (Å²) in [6.45, 7) is 6.68. The van der Waals surface area contributed by atoms with Gasteiger partial charge in [-0.1, -0.05) is 62.9 Å². The van der Waals surface area contributed by atoms with Crippen molar-refractivity contribution in [2.75, 3.05) is 11.1 Å². The van der Waals surface area contributed by atoms with E-state index in [-0.39, 0.29) is 17.1 Å². The van der Waals surface area contributed by atoms with Gasteiger partial charge in [-0.05, 0) is 59.9 Å². The largest absolute Gasteiger partial charge is 0.457 e. The van der Waals surface area contributed by atoms with Gasteiger partial charge in [-0.2, -0.15) is 0 Å². The number of thioether (sulfide) groups is 1. The maximum absolute atomic E-state index is 12.4. The van der Waals surface area contributed by atoms with Crippen LogP contribution in [0.5, 0.6) is 11.5 Å². The van der Waals surface area contributed by atoms with E-state index in [1.165, 1.54) is 23.7 Å². The molecule has 1 aromatic heterocycles. The summed E-state index contributed by atoms with van der Waals surface area (Å²) >= 11 is 1.40. The first kappa shape index (κ1) is 22.8. The second-order valence-corrected chi connectivity index (χ2v) is 9.39. The van der Waals surface area contributed by atoms with Crippen LogP contribution >= 0.6 is 11.8 Å². The number of carbonyl (C=O) groups excluding carboxylic acids is 1. The number of hydrogen-bond donors (Lipinski definition) is 1. The zero-order valence-electron chi connectivity index (χ0n) is 19.0. The number of benzene rings is 3. The molecule has 1 heterocycles. The first-order chi connectivity index (χ1) is 15.9. The summed E-state index contributed by atoms with van der Waals surface area (Å²) in [5, 5.41) is 4.67. The summed E-state index contributed by atoms with van der Waals surface area (Å²) in [5.41, 5.74) is 3.04. The van der Waals surface area contributed by atoms with Gasteiger partial charge < -0.3 is 10.1 Å². The van der Waals surface area contributed by atoms with E-state index in [0.29, 0.717) is 0 Å². The Morgan fingerprint density at radius 2 is 1.61 bits per heavy atom. The standard InChI is InChI=1S/C27H27N3O2S/c1-4-27(2,3)19-9-13-21(14-10-19)32-22-15-11-20(12-16-22)30-25(31)17-33-26-23-7-5-6-8-24(23)28-18-29-26/h5-16,18H,4,17H2,1-3H3,(H,30,31). The molecule has 168 valence electrons. The number of carbonyl (C=O) groups is 1. The summed E-state index contributed by atoms with van der Waals surface area (Å²) < 4.78 is 5.95. The molecule has 0 saturated carbocycles. The molecular weight excluding hydrogens is 430 g/mol. The van der Waals surface area contributed by atoms with Crippen molar-refractivity contribution in [2.45, 2.75) is 37.6 Å². The molecule has 5 nitrogen and oxygen atoms in total. The number of aromatic nitrogens is 2. The molecular formula is C27H27N3O2S. The lowest BCUT2D eigenvalue weighted by atomic mass is 9.82. The molecule has 0 spiro atoms. The molecule has 0 saturated heterocycles. The van der Waals surface area contributed by atoms with Crippen LogP contribution < -0.4 is 10.1 Å². The lowest BCUT2D eigenvalue weighted by molar-refractivity contribution is -0.113. The highest BCUT2D eigenvalue weighted by Gasteiger charge is 2.17. The molecule has 0 aliphatic heterocycles. The second-order valence-electron chi connectivity index (χ2n) is 8.42. The molecule has 4 rings (SSSR count). The summed E-state index contributed by atoms with van der Waals surface area (Å²) in [6.07, 6.45) is 2.61. The highest BCUT2D eigenvalue weighted by atomic mass is 32.2. The molecule has 0 fully saturated rings. The average Bonchev–Trinajstić information content (AvgIpc) is 2.84. The van der Waals surface area contributed by atoms with E-state index in [1.807, 2.05) is 60.7 Å². The van der Waals surface area contributed by atoms with E-state index in [1.54, 1.807) is 0 Å². The number of para-hydroxylation sites is 1. The predicted octanol–water partition coefficient (Wildman–Crippen LogP) is 6.84. The summed E-state index contributed by atoms with van der Waals surface area (Å²) in [7, 11) is 0. The fourth-order valence-corrected chi connectivity index (χ4v) is 4.14. The van der Waals surface area contributed by atoms with Crippen molar-refractivity contribution < 1.29 is 9.53 Å². The molecule has 0 atom stereocenters. The van der Waals surface area contributed by atoms with Crippen molar-refractivity contribution in [1.29, 1.82) is 0 Å². The van der Waals surface area contributed by atoms with Crippen LogP contribution in [0.25, 0.3) is 10.9 Å². The van der Waals surface area contributed by atoms with Gasteiger partial charge in [0.05, 0.1) is 11.3 Å². The van der Waals surface area contributed by atoms with Crippen LogP contribution in [0.1, 0.15) is 32.8 Å². The number of nitrogens with zero attached hydrogens (tertiary/aromatic N) is 2. The monoisotopic (exact) mass is 457 g/mol. The molecule has 6 heteroatoms. The van der Waals surface area contributed by atoms with Crippen molar-refractivity contribution in [3.05, 3.63) is 84.7 Å².